The summed E-state index contributed by atoms with van der Waals surface area (Å²) >= 11 is 0. The first-order valence-electron chi connectivity index (χ1n) is 10.9. The monoisotopic (exact) mass is 554 g/mol. The number of hydrogen-bond acceptors (Lipinski definition) is 4. The standard InChI is InChI=1S/C23H34N6O2.HI/c1-5-24-21(28-14-11-20(17-28)27-22(30)31-23(2,3)4)25-15-18-9-6-7-10-19(18)16-29-13-8-12-26-29;/h6-10,12-13,20H,5,11,14-17H2,1-4H3,(H,24,25)(H,27,30);1H. The lowest BCUT2D eigenvalue weighted by molar-refractivity contribution is 0.0507. The van der Waals surface area contributed by atoms with Crippen molar-refractivity contribution in [1.82, 2.24) is 25.3 Å². The van der Waals surface area contributed by atoms with E-state index in [-0.39, 0.29) is 36.1 Å². The molecule has 1 atom stereocenters. The van der Waals surface area contributed by atoms with E-state index in [0.29, 0.717) is 13.1 Å². The molecule has 0 aliphatic carbocycles. The first kappa shape index (κ1) is 26.0. The van der Waals surface area contributed by atoms with Gasteiger partial charge in [-0.2, -0.15) is 5.10 Å². The van der Waals surface area contributed by atoms with Gasteiger partial charge < -0.3 is 20.3 Å². The van der Waals surface area contributed by atoms with Gasteiger partial charge >= 0.3 is 6.09 Å². The van der Waals surface area contributed by atoms with Crippen molar-refractivity contribution in [1.29, 1.82) is 0 Å². The zero-order valence-electron chi connectivity index (χ0n) is 19.4. The van der Waals surface area contributed by atoms with Crippen LogP contribution in [-0.2, 0) is 17.8 Å². The predicted molar refractivity (Wildman–Crippen MR) is 137 cm³/mol. The third-order valence-electron chi connectivity index (χ3n) is 4.95. The second kappa shape index (κ2) is 12.1. The average molecular weight is 554 g/mol. The van der Waals surface area contributed by atoms with Crippen LogP contribution in [0.4, 0.5) is 4.79 Å². The molecular formula is C23H35IN6O2. The van der Waals surface area contributed by atoms with Crippen molar-refractivity contribution >= 4 is 36.0 Å². The molecule has 0 spiro atoms. The Balaban J connectivity index is 0.00000363. The molecule has 1 aromatic carbocycles. The Labute approximate surface area is 207 Å². The number of rotatable bonds is 6. The molecule has 1 unspecified atom stereocenters. The van der Waals surface area contributed by atoms with Gasteiger partial charge in [-0.05, 0) is 51.3 Å². The van der Waals surface area contributed by atoms with Gasteiger partial charge in [0.1, 0.15) is 5.60 Å². The number of aliphatic imine (C=N–C) groups is 1. The van der Waals surface area contributed by atoms with Gasteiger partial charge in [0.25, 0.3) is 0 Å². The summed E-state index contributed by atoms with van der Waals surface area (Å²) in [6, 6.07) is 10.3. The van der Waals surface area contributed by atoms with Crippen molar-refractivity contribution in [3.63, 3.8) is 0 Å². The highest BCUT2D eigenvalue weighted by Gasteiger charge is 2.27. The van der Waals surface area contributed by atoms with Gasteiger partial charge in [-0.25, -0.2) is 9.79 Å². The molecule has 1 aliphatic rings. The molecule has 2 aromatic rings. The van der Waals surface area contributed by atoms with Gasteiger partial charge in [0.15, 0.2) is 5.96 Å². The maximum absolute atomic E-state index is 12.1. The number of alkyl carbamates (subject to hydrolysis) is 1. The Bertz CT molecular complexity index is 879. The van der Waals surface area contributed by atoms with E-state index in [1.165, 1.54) is 11.1 Å². The number of hydrogen-bond donors (Lipinski definition) is 2. The van der Waals surface area contributed by atoms with Crippen LogP contribution in [0.25, 0.3) is 0 Å². The third kappa shape index (κ3) is 7.99. The molecule has 1 fully saturated rings. The van der Waals surface area contributed by atoms with Crippen molar-refractivity contribution in [2.24, 2.45) is 4.99 Å². The number of carbonyl (C=O) groups excluding carboxylic acids is 1. The Kier molecular flexibility index (Phi) is 9.80. The number of halogens is 1. The predicted octanol–water partition coefficient (Wildman–Crippen LogP) is 3.61. The highest BCUT2D eigenvalue weighted by molar-refractivity contribution is 14.0. The molecule has 8 nitrogen and oxygen atoms in total. The number of aromatic nitrogens is 2. The number of ether oxygens (including phenoxy) is 1. The van der Waals surface area contributed by atoms with Crippen LogP contribution >= 0.6 is 24.0 Å². The largest absolute Gasteiger partial charge is 0.444 e. The average Bonchev–Trinajstić information content (AvgIpc) is 3.37. The first-order chi connectivity index (χ1) is 14.8. The third-order valence-corrected chi connectivity index (χ3v) is 4.95. The summed E-state index contributed by atoms with van der Waals surface area (Å²) in [4.78, 5) is 19.2. The smallest absolute Gasteiger partial charge is 0.407 e. The minimum atomic E-state index is -0.498. The SMILES string of the molecule is CCNC(=NCc1ccccc1Cn1cccn1)N1CCC(NC(=O)OC(C)(C)C)C1.I. The molecule has 9 heteroatoms. The van der Waals surface area contributed by atoms with E-state index in [0.717, 1.165) is 32.0 Å². The van der Waals surface area contributed by atoms with Crippen molar-refractivity contribution in [2.45, 2.75) is 58.8 Å². The molecule has 1 aromatic heterocycles. The van der Waals surface area contributed by atoms with Crippen LogP contribution in [0.3, 0.4) is 0 Å². The second-order valence-corrected chi connectivity index (χ2v) is 8.72. The van der Waals surface area contributed by atoms with Crippen molar-refractivity contribution in [2.75, 3.05) is 19.6 Å². The van der Waals surface area contributed by atoms with Gasteiger partial charge in [0.05, 0.1) is 19.1 Å². The van der Waals surface area contributed by atoms with Gasteiger partial charge in [-0.15, -0.1) is 24.0 Å². The van der Waals surface area contributed by atoms with E-state index in [2.05, 4.69) is 39.7 Å². The van der Waals surface area contributed by atoms with Crippen molar-refractivity contribution in [3.05, 3.63) is 53.9 Å². The van der Waals surface area contributed by atoms with Crippen molar-refractivity contribution < 1.29 is 9.53 Å². The Morgan fingerprint density at radius 2 is 2.00 bits per heavy atom. The van der Waals surface area contributed by atoms with Crippen LogP contribution in [-0.4, -0.2) is 58.0 Å². The van der Waals surface area contributed by atoms with E-state index in [1.54, 1.807) is 6.20 Å². The van der Waals surface area contributed by atoms with Gasteiger partial charge in [0, 0.05) is 32.0 Å². The molecule has 3 rings (SSSR count). The molecule has 0 saturated carbocycles. The summed E-state index contributed by atoms with van der Waals surface area (Å²) in [5.74, 6) is 0.866. The molecule has 1 aliphatic heterocycles. The zero-order valence-corrected chi connectivity index (χ0v) is 21.7. The van der Waals surface area contributed by atoms with Gasteiger partial charge in [0.2, 0.25) is 0 Å². The summed E-state index contributed by atoms with van der Waals surface area (Å²) in [5, 5.41) is 10.7. The van der Waals surface area contributed by atoms with Gasteiger partial charge in [-0.1, -0.05) is 24.3 Å². The Hall–Kier alpha value is -2.30. The first-order valence-corrected chi connectivity index (χ1v) is 10.9. The maximum atomic E-state index is 12.1. The quantitative estimate of drug-likeness (QED) is 0.324. The number of nitrogens with zero attached hydrogens (tertiary/aromatic N) is 4. The molecule has 32 heavy (non-hydrogen) atoms. The fourth-order valence-corrected chi connectivity index (χ4v) is 3.57. The van der Waals surface area contributed by atoms with Crippen LogP contribution < -0.4 is 10.6 Å². The van der Waals surface area contributed by atoms with E-state index in [1.807, 2.05) is 49.8 Å². The summed E-state index contributed by atoms with van der Waals surface area (Å²) in [6.07, 6.45) is 4.25. The van der Waals surface area contributed by atoms with Crippen molar-refractivity contribution in [3.8, 4) is 0 Å². The van der Waals surface area contributed by atoms with E-state index in [9.17, 15) is 4.79 Å². The zero-order chi connectivity index (χ0) is 22.3. The summed E-state index contributed by atoms with van der Waals surface area (Å²) in [7, 11) is 0. The maximum Gasteiger partial charge on any atom is 0.407 e. The van der Waals surface area contributed by atoms with Crippen LogP contribution in [0.15, 0.2) is 47.7 Å². The lowest BCUT2D eigenvalue weighted by atomic mass is 10.1. The molecule has 1 saturated heterocycles. The minimum Gasteiger partial charge on any atom is -0.444 e. The topological polar surface area (TPSA) is 83.8 Å². The van der Waals surface area contributed by atoms with Crippen LogP contribution in [0.1, 0.15) is 45.2 Å². The fourth-order valence-electron chi connectivity index (χ4n) is 3.57. The molecule has 1 amide bonds. The Morgan fingerprint density at radius 3 is 2.66 bits per heavy atom. The van der Waals surface area contributed by atoms with E-state index < -0.39 is 5.60 Å². The summed E-state index contributed by atoms with van der Waals surface area (Å²) in [5.41, 5.74) is 1.88. The fraction of sp³-hybridized carbons (Fsp3) is 0.522. The summed E-state index contributed by atoms with van der Waals surface area (Å²) in [6.45, 7) is 11.3. The number of likely N-dealkylation sites (tertiary alicyclic amines) is 1. The van der Waals surface area contributed by atoms with E-state index in [4.69, 9.17) is 9.73 Å². The lowest BCUT2D eigenvalue weighted by Crippen LogP contribution is -2.44. The molecule has 0 radical (unpaired) electrons. The van der Waals surface area contributed by atoms with Crippen LogP contribution in [0, 0.1) is 0 Å². The molecule has 2 N–H and O–H groups in total. The van der Waals surface area contributed by atoms with Crippen LogP contribution in [0.2, 0.25) is 0 Å². The normalized spacial score (nSPS) is 16.4. The van der Waals surface area contributed by atoms with E-state index >= 15 is 0 Å². The number of nitrogens with one attached hydrogen (secondary N) is 2. The number of benzene rings is 1. The number of amides is 1. The number of carbonyl (C=O) groups is 1. The minimum absolute atomic E-state index is 0. The molecule has 0 bridgehead atoms. The van der Waals surface area contributed by atoms with Gasteiger partial charge in [-0.3, -0.25) is 4.68 Å². The number of guanidine groups is 1. The lowest BCUT2D eigenvalue weighted by Gasteiger charge is -2.23. The highest BCUT2D eigenvalue weighted by atomic mass is 127. The second-order valence-electron chi connectivity index (χ2n) is 8.72. The molecule has 2 heterocycles. The van der Waals surface area contributed by atoms with Crippen LogP contribution in [0.5, 0.6) is 0 Å². The Morgan fingerprint density at radius 1 is 1.25 bits per heavy atom. The summed E-state index contributed by atoms with van der Waals surface area (Å²) < 4.78 is 7.30. The molecular weight excluding hydrogens is 519 g/mol. The highest BCUT2D eigenvalue weighted by Crippen LogP contribution is 2.15. The molecule has 176 valence electrons.